The van der Waals surface area contributed by atoms with Crippen LogP contribution in [0, 0.1) is 0 Å². The Morgan fingerprint density at radius 2 is 1.83 bits per heavy atom. The Morgan fingerprint density at radius 3 is 2.61 bits per heavy atom. The number of hydrogen-bond donors (Lipinski definition) is 0. The third-order valence-electron chi connectivity index (χ3n) is 3.41. The molecule has 0 spiro atoms. The Bertz CT molecular complexity index is 839. The number of halogens is 1. The maximum atomic E-state index is 5.83. The van der Waals surface area contributed by atoms with Gasteiger partial charge in [-0.3, -0.25) is 0 Å². The number of rotatable bonds is 5. The molecule has 6 heteroatoms. The minimum atomic E-state index is 0.214. The molecule has 0 aliphatic rings. The van der Waals surface area contributed by atoms with Crippen LogP contribution in [0.5, 0.6) is 17.2 Å². The van der Waals surface area contributed by atoms with Crippen molar-refractivity contribution in [2.45, 2.75) is 6.61 Å². The van der Waals surface area contributed by atoms with Crippen LogP contribution >= 0.6 is 11.6 Å². The average molecular weight is 331 g/mol. The molecule has 118 valence electrons. The fourth-order valence-corrected chi connectivity index (χ4v) is 2.34. The van der Waals surface area contributed by atoms with E-state index in [9.17, 15) is 0 Å². The standard InChI is InChI=1S/C17H15ClN2O3/c1-21-13-5-4-12(16(8-13)22-2)10-23-14-6-3-11-9-19-17(18)20-15(11)7-14/h3-9H,10H2,1-2H3. The van der Waals surface area contributed by atoms with E-state index in [1.165, 1.54) is 0 Å². The summed E-state index contributed by atoms with van der Waals surface area (Å²) in [5.41, 5.74) is 1.67. The van der Waals surface area contributed by atoms with Crippen molar-refractivity contribution in [1.82, 2.24) is 9.97 Å². The van der Waals surface area contributed by atoms with Gasteiger partial charge in [0.1, 0.15) is 23.9 Å². The highest BCUT2D eigenvalue weighted by Crippen LogP contribution is 2.26. The van der Waals surface area contributed by atoms with Gasteiger partial charge in [-0.2, -0.15) is 0 Å². The number of aromatic nitrogens is 2. The van der Waals surface area contributed by atoms with Crippen molar-refractivity contribution >= 4 is 22.5 Å². The predicted molar refractivity (Wildman–Crippen MR) is 88.4 cm³/mol. The van der Waals surface area contributed by atoms with Crippen LogP contribution in [-0.4, -0.2) is 24.2 Å². The first kappa shape index (κ1) is 15.4. The van der Waals surface area contributed by atoms with Crippen molar-refractivity contribution in [1.29, 1.82) is 0 Å². The van der Waals surface area contributed by atoms with E-state index in [-0.39, 0.29) is 5.28 Å². The third kappa shape index (κ3) is 3.46. The molecule has 2 aromatic carbocycles. The molecule has 0 radical (unpaired) electrons. The van der Waals surface area contributed by atoms with E-state index >= 15 is 0 Å². The van der Waals surface area contributed by atoms with Crippen LogP contribution in [0.3, 0.4) is 0 Å². The van der Waals surface area contributed by atoms with Crippen molar-refractivity contribution in [2.24, 2.45) is 0 Å². The summed E-state index contributed by atoms with van der Waals surface area (Å²) in [6.07, 6.45) is 1.68. The van der Waals surface area contributed by atoms with E-state index in [0.717, 1.165) is 28.0 Å². The predicted octanol–water partition coefficient (Wildman–Crippen LogP) is 3.88. The van der Waals surface area contributed by atoms with Gasteiger partial charge in [-0.25, -0.2) is 9.97 Å². The number of fused-ring (bicyclic) bond motifs is 1. The number of methoxy groups -OCH3 is 2. The van der Waals surface area contributed by atoms with Crippen molar-refractivity contribution in [3.05, 3.63) is 53.4 Å². The second-order valence-corrected chi connectivity index (χ2v) is 5.16. The molecule has 23 heavy (non-hydrogen) atoms. The molecule has 0 aliphatic heterocycles. The van der Waals surface area contributed by atoms with Crippen molar-refractivity contribution in [3.8, 4) is 17.2 Å². The van der Waals surface area contributed by atoms with Crippen LogP contribution in [0.25, 0.3) is 10.9 Å². The van der Waals surface area contributed by atoms with Crippen molar-refractivity contribution < 1.29 is 14.2 Å². The zero-order valence-corrected chi connectivity index (χ0v) is 13.5. The Kier molecular flexibility index (Phi) is 4.48. The SMILES string of the molecule is COc1ccc(COc2ccc3cnc(Cl)nc3c2)c(OC)c1. The van der Waals surface area contributed by atoms with Crippen LogP contribution in [0.1, 0.15) is 5.56 Å². The van der Waals surface area contributed by atoms with E-state index in [1.807, 2.05) is 36.4 Å². The first-order valence-corrected chi connectivity index (χ1v) is 7.33. The smallest absolute Gasteiger partial charge is 0.222 e. The van der Waals surface area contributed by atoms with Gasteiger partial charge in [0.05, 0.1) is 19.7 Å². The molecule has 0 N–H and O–H groups in total. The number of benzene rings is 2. The Balaban J connectivity index is 1.80. The van der Waals surface area contributed by atoms with Gasteiger partial charge in [0.25, 0.3) is 0 Å². The topological polar surface area (TPSA) is 53.5 Å². The van der Waals surface area contributed by atoms with Gasteiger partial charge in [0.2, 0.25) is 5.28 Å². The molecule has 0 atom stereocenters. The summed E-state index contributed by atoms with van der Waals surface area (Å²) < 4.78 is 16.4. The Morgan fingerprint density at radius 1 is 1.00 bits per heavy atom. The van der Waals surface area contributed by atoms with Crippen LogP contribution in [0.15, 0.2) is 42.6 Å². The van der Waals surface area contributed by atoms with Gasteiger partial charge in [0, 0.05) is 29.3 Å². The highest BCUT2D eigenvalue weighted by atomic mass is 35.5. The summed E-state index contributed by atoms with van der Waals surface area (Å²) in [6.45, 7) is 0.373. The molecule has 1 aromatic heterocycles. The minimum absolute atomic E-state index is 0.214. The summed E-state index contributed by atoms with van der Waals surface area (Å²) in [5, 5.41) is 1.12. The maximum Gasteiger partial charge on any atom is 0.222 e. The van der Waals surface area contributed by atoms with Gasteiger partial charge in [-0.1, -0.05) is 0 Å². The van der Waals surface area contributed by atoms with Crippen LogP contribution in [0.2, 0.25) is 5.28 Å². The molecule has 0 unspecified atom stereocenters. The molecule has 0 amide bonds. The molecule has 3 aromatic rings. The third-order valence-corrected chi connectivity index (χ3v) is 3.60. The highest BCUT2D eigenvalue weighted by molar-refractivity contribution is 6.28. The fourth-order valence-electron chi connectivity index (χ4n) is 2.20. The first-order valence-electron chi connectivity index (χ1n) is 6.95. The van der Waals surface area contributed by atoms with E-state index in [1.54, 1.807) is 20.4 Å². The quantitative estimate of drug-likeness (QED) is 0.664. The summed E-state index contributed by atoms with van der Waals surface area (Å²) in [4.78, 5) is 8.14. The monoisotopic (exact) mass is 330 g/mol. The molecule has 0 bridgehead atoms. The molecule has 0 aliphatic carbocycles. The zero-order chi connectivity index (χ0) is 16.2. The van der Waals surface area contributed by atoms with Crippen molar-refractivity contribution in [2.75, 3.05) is 14.2 Å². The van der Waals surface area contributed by atoms with Gasteiger partial charge in [-0.05, 0) is 35.9 Å². The number of ether oxygens (including phenoxy) is 3. The summed E-state index contributed by atoms with van der Waals surface area (Å²) in [7, 11) is 3.24. The second-order valence-electron chi connectivity index (χ2n) is 4.83. The maximum absolute atomic E-state index is 5.83. The zero-order valence-electron chi connectivity index (χ0n) is 12.7. The largest absolute Gasteiger partial charge is 0.497 e. The van der Waals surface area contributed by atoms with E-state index < -0.39 is 0 Å². The first-order chi connectivity index (χ1) is 11.2. The number of hydrogen-bond acceptors (Lipinski definition) is 5. The molecular formula is C17H15ClN2O3. The van der Waals surface area contributed by atoms with Crippen LogP contribution in [-0.2, 0) is 6.61 Å². The van der Waals surface area contributed by atoms with Gasteiger partial charge in [0.15, 0.2) is 0 Å². The van der Waals surface area contributed by atoms with E-state index in [2.05, 4.69) is 9.97 Å². The molecule has 0 fully saturated rings. The van der Waals surface area contributed by atoms with Crippen LogP contribution < -0.4 is 14.2 Å². The normalized spacial score (nSPS) is 10.6. The highest BCUT2D eigenvalue weighted by Gasteiger charge is 2.07. The van der Waals surface area contributed by atoms with Crippen molar-refractivity contribution in [3.63, 3.8) is 0 Å². The van der Waals surface area contributed by atoms with Crippen LogP contribution in [0.4, 0.5) is 0 Å². The lowest BCUT2D eigenvalue weighted by molar-refractivity contribution is 0.296. The number of nitrogens with zero attached hydrogens (tertiary/aromatic N) is 2. The Labute approximate surface area is 138 Å². The molecule has 0 saturated heterocycles. The second kappa shape index (κ2) is 6.71. The summed E-state index contributed by atoms with van der Waals surface area (Å²) in [5.74, 6) is 2.16. The molecule has 5 nitrogen and oxygen atoms in total. The fraction of sp³-hybridized carbons (Fsp3) is 0.176. The minimum Gasteiger partial charge on any atom is -0.497 e. The molecule has 1 heterocycles. The summed E-state index contributed by atoms with van der Waals surface area (Å²) in [6, 6.07) is 11.2. The molecule has 3 rings (SSSR count). The van der Waals surface area contributed by atoms with E-state index in [4.69, 9.17) is 25.8 Å². The Hall–Kier alpha value is -2.53. The lowest BCUT2D eigenvalue weighted by atomic mass is 10.2. The van der Waals surface area contributed by atoms with Gasteiger partial charge < -0.3 is 14.2 Å². The lowest BCUT2D eigenvalue weighted by Gasteiger charge is -2.12. The summed E-state index contributed by atoms with van der Waals surface area (Å²) >= 11 is 5.82. The van der Waals surface area contributed by atoms with Gasteiger partial charge >= 0.3 is 0 Å². The lowest BCUT2D eigenvalue weighted by Crippen LogP contribution is -1.99. The molecular weight excluding hydrogens is 316 g/mol. The van der Waals surface area contributed by atoms with Gasteiger partial charge in [-0.15, -0.1) is 0 Å². The average Bonchev–Trinajstić information content (AvgIpc) is 2.59. The van der Waals surface area contributed by atoms with E-state index in [0.29, 0.717) is 12.4 Å². The molecule has 0 saturated carbocycles.